The van der Waals surface area contributed by atoms with E-state index in [-0.39, 0.29) is 48.5 Å². The van der Waals surface area contributed by atoms with Crippen LogP contribution < -0.4 is 5.32 Å². The molecule has 0 radical (unpaired) electrons. The predicted molar refractivity (Wildman–Crippen MR) is 145 cm³/mol. The molecule has 0 bridgehead atoms. The van der Waals surface area contributed by atoms with Crippen LogP contribution in [0.2, 0.25) is 0 Å². The number of hydrogen-bond acceptors (Lipinski definition) is 12. The number of nitrogens with one attached hydrogen (secondary N) is 1. The predicted octanol–water partition coefficient (Wildman–Crippen LogP) is 2.35. The SMILES string of the molecule is CC(=O)OC(C)CC1C(CCNC(=O)OCc2ccccc2[N+](=O)[O-])C(=O)N1C(O)C(=O)OCc1ccccc1[N+](=O)[O-]. The third-order valence-electron chi connectivity index (χ3n) is 6.64. The Morgan fingerprint density at radius 2 is 1.51 bits per heavy atom. The van der Waals surface area contributed by atoms with Crippen LogP contribution in [0, 0.1) is 26.1 Å². The minimum atomic E-state index is -2.04. The fourth-order valence-electron chi connectivity index (χ4n) is 4.68. The summed E-state index contributed by atoms with van der Waals surface area (Å²) in [7, 11) is 0. The molecule has 2 aromatic rings. The summed E-state index contributed by atoms with van der Waals surface area (Å²) in [4.78, 5) is 71.1. The fourth-order valence-corrected chi connectivity index (χ4v) is 4.68. The second kappa shape index (κ2) is 14.7. The first-order valence-electron chi connectivity index (χ1n) is 13.1. The number of likely N-dealkylation sites (tertiary alicyclic amines) is 1. The summed E-state index contributed by atoms with van der Waals surface area (Å²) in [5, 5.41) is 35.4. The molecule has 43 heavy (non-hydrogen) atoms. The van der Waals surface area contributed by atoms with E-state index in [0.717, 1.165) is 4.90 Å². The first-order valence-corrected chi connectivity index (χ1v) is 13.1. The van der Waals surface area contributed by atoms with Crippen molar-refractivity contribution in [3.63, 3.8) is 0 Å². The Hall–Kier alpha value is -5.12. The topological polar surface area (TPSA) is 218 Å². The lowest BCUT2D eigenvalue weighted by molar-refractivity contribution is -0.386. The molecule has 16 nitrogen and oxygen atoms in total. The number of carbonyl (C=O) groups is 4. The summed E-state index contributed by atoms with van der Waals surface area (Å²) in [6.45, 7) is 1.83. The van der Waals surface area contributed by atoms with E-state index in [1.165, 1.54) is 49.4 Å². The van der Waals surface area contributed by atoms with Crippen molar-refractivity contribution in [2.24, 2.45) is 5.92 Å². The Morgan fingerprint density at radius 1 is 0.977 bits per heavy atom. The standard InChI is InChI=1S/C27H30N4O12/c1-16(43-17(2)32)13-23-20(11-12-28-27(36)42-15-19-8-4-6-10-22(19)31(39)40)24(33)29(23)25(34)26(35)41-14-18-7-3-5-9-21(18)30(37)38/h3-10,16,20,23,25,34H,11-15H2,1-2H3,(H,28,36). The van der Waals surface area contributed by atoms with E-state index in [0.29, 0.717) is 0 Å². The number of carbonyl (C=O) groups excluding carboxylic acids is 4. The van der Waals surface area contributed by atoms with E-state index in [4.69, 9.17) is 14.2 Å². The van der Waals surface area contributed by atoms with Gasteiger partial charge in [-0.15, -0.1) is 0 Å². The van der Waals surface area contributed by atoms with Crippen molar-refractivity contribution in [2.45, 2.75) is 58.3 Å². The molecule has 230 valence electrons. The highest BCUT2D eigenvalue weighted by Crippen LogP contribution is 2.35. The summed E-state index contributed by atoms with van der Waals surface area (Å²) in [5.74, 6) is -3.21. The Balaban J connectivity index is 1.59. The van der Waals surface area contributed by atoms with Crippen molar-refractivity contribution in [3.05, 3.63) is 79.9 Å². The maximum absolute atomic E-state index is 13.0. The lowest BCUT2D eigenvalue weighted by Gasteiger charge is -2.49. The van der Waals surface area contributed by atoms with E-state index in [1.807, 2.05) is 0 Å². The molecule has 0 saturated carbocycles. The van der Waals surface area contributed by atoms with Gasteiger partial charge in [-0.05, 0) is 25.5 Å². The van der Waals surface area contributed by atoms with Crippen LogP contribution in [-0.4, -0.2) is 68.7 Å². The molecular weight excluding hydrogens is 572 g/mol. The lowest BCUT2D eigenvalue weighted by atomic mass is 9.81. The number of nitrogens with zero attached hydrogens (tertiary/aromatic N) is 3. The number of aliphatic hydroxyl groups is 1. The first-order chi connectivity index (χ1) is 20.4. The number of rotatable bonds is 14. The summed E-state index contributed by atoms with van der Waals surface area (Å²) >= 11 is 0. The fraction of sp³-hybridized carbons (Fsp3) is 0.407. The molecule has 1 saturated heterocycles. The van der Waals surface area contributed by atoms with E-state index >= 15 is 0 Å². The van der Waals surface area contributed by atoms with Gasteiger partial charge in [0.2, 0.25) is 12.1 Å². The average molecular weight is 603 g/mol. The van der Waals surface area contributed by atoms with Gasteiger partial charge in [-0.2, -0.15) is 0 Å². The average Bonchev–Trinajstić information content (AvgIpc) is 2.96. The number of β-lactam (4-membered cyclic amide) rings is 1. The van der Waals surface area contributed by atoms with Gasteiger partial charge in [0.1, 0.15) is 19.3 Å². The number of alkyl carbamates (subject to hydrolysis) is 1. The number of aliphatic hydroxyl groups excluding tert-OH is 1. The molecule has 1 fully saturated rings. The summed E-state index contributed by atoms with van der Waals surface area (Å²) < 4.78 is 15.2. The van der Waals surface area contributed by atoms with Gasteiger partial charge in [-0.3, -0.25) is 29.8 Å². The van der Waals surface area contributed by atoms with Gasteiger partial charge in [0.15, 0.2) is 0 Å². The van der Waals surface area contributed by atoms with Crippen molar-refractivity contribution >= 4 is 35.3 Å². The van der Waals surface area contributed by atoms with Gasteiger partial charge in [-0.25, -0.2) is 9.59 Å². The van der Waals surface area contributed by atoms with E-state index in [1.54, 1.807) is 13.0 Å². The number of esters is 2. The van der Waals surface area contributed by atoms with Gasteiger partial charge >= 0.3 is 18.0 Å². The molecule has 3 rings (SSSR count). The number of hydrogen-bond donors (Lipinski definition) is 2. The highest BCUT2D eigenvalue weighted by molar-refractivity contribution is 5.90. The van der Waals surface area contributed by atoms with Crippen LogP contribution in [0.25, 0.3) is 0 Å². The number of amides is 2. The molecular formula is C27H30N4O12. The minimum Gasteiger partial charge on any atom is -0.463 e. The highest BCUT2D eigenvalue weighted by Gasteiger charge is 2.52. The molecule has 0 aromatic heterocycles. The molecule has 1 heterocycles. The molecule has 1 aliphatic heterocycles. The van der Waals surface area contributed by atoms with Gasteiger partial charge < -0.3 is 29.5 Å². The van der Waals surface area contributed by atoms with Crippen molar-refractivity contribution < 1.29 is 48.3 Å². The van der Waals surface area contributed by atoms with Crippen molar-refractivity contribution in [2.75, 3.05) is 6.54 Å². The smallest absolute Gasteiger partial charge is 0.407 e. The van der Waals surface area contributed by atoms with Crippen LogP contribution in [0.4, 0.5) is 16.2 Å². The molecule has 1 aliphatic rings. The van der Waals surface area contributed by atoms with E-state index in [2.05, 4.69) is 5.32 Å². The Bertz CT molecular complexity index is 1380. The third kappa shape index (κ3) is 8.45. The molecule has 16 heteroatoms. The number of ether oxygens (including phenoxy) is 3. The van der Waals surface area contributed by atoms with Gasteiger partial charge in [0.05, 0.1) is 26.9 Å². The summed E-state index contributed by atoms with van der Waals surface area (Å²) in [6.07, 6.45) is -3.51. The Morgan fingerprint density at radius 3 is 2.05 bits per heavy atom. The van der Waals surface area contributed by atoms with Crippen molar-refractivity contribution in [3.8, 4) is 0 Å². The Labute approximate surface area is 244 Å². The normalized spacial score (nSPS) is 17.2. The van der Waals surface area contributed by atoms with Crippen molar-refractivity contribution in [1.82, 2.24) is 10.2 Å². The zero-order valence-corrected chi connectivity index (χ0v) is 23.2. The molecule has 2 N–H and O–H groups in total. The second-order valence-electron chi connectivity index (χ2n) is 9.62. The Kier molecular flexibility index (Phi) is 11.1. The van der Waals surface area contributed by atoms with Gasteiger partial charge in [0.25, 0.3) is 11.4 Å². The zero-order chi connectivity index (χ0) is 31.7. The molecule has 4 atom stereocenters. The minimum absolute atomic E-state index is 0.0482. The monoisotopic (exact) mass is 602 g/mol. The summed E-state index contributed by atoms with van der Waals surface area (Å²) in [5.41, 5.74) is -0.222. The molecule has 0 spiro atoms. The number of benzene rings is 2. The van der Waals surface area contributed by atoms with Crippen LogP contribution in [0.5, 0.6) is 0 Å². The third-order valence-corrected chi connectivity index (χ3v) is 6.64. The number of nitro benzene ring substituents is 2. The largest absolute Gasteiger partial charge is 0.463 e. The quantitative estimate of drug-likeness (QED) is 0.105. The lowest BCUT2D eigenvalue weighted by Crippen LogP contribution is -2.67. The summed E-state index contributed by atoms with van der Waals surface area (Å²) in [6, 6.07) is 10.5. The number of para-hydroxylation sites is 2. The van der Waals surface area contributed by atoms with E-state index in [9.17, 15) is 44.5 Å². The van der Waals surface area contributed by atoms with Gasteiger partial charge in [-0.1, -0.05) is 24.3 Å². The maximum Gasteiger partial charge on any atom is 0.407 e. The van der Waals surface area contributed by atoms with Gasteiger partial charge in [0, 0.05) is 38.1 Å². The molecule has 4 unspecified atom stereocenters. The number of nitro groups is 2. The van der Waals surface area contributed by atoms with Crippen LogP contribution in [0.3, 0.4) is 0 Å². The molecule has 2 amide bonds. The molecule has 0 aliphatic carbocycles. The maximum atomic E-state index is 13.0. The molecule has 2 aromatic carbocycles. The highest BCUT2D eigenvalue weighted by atomic mass is 16.6. The second-order valence-corrected chi connectivity index (χ2v) is 9.62. The van der Waals surface area contributed by atoms with Crippen LogP contribution in [-0.2, 0) is 41.8 Å². The van der Waals surface area contributed by atoms with E-state index < -0.39 is 64.7 Å². The van der Waals surface area contributed by atoms with Crippen molar-refractivity contribution in [1.29, 1.82) is 0 Å². The first kappa shape index (κ1) is 32.4. The van der Waals surface area contributed by atoms with Crippen LogP contribution >= 0.6 is 0 Å². The zero-order valence-electron chi connectivity index (χ0n) is 23.2. The van der Waals surface area contributed by atoms with Crippen LogP contribution in [0.1, 0.15) is 37.8 Å². The van der Waals surface area contributed by atoms with Crippen LogP contribution in [0.15, 0.2) is 48.5 Å².